The van der Waals surface area contributed by atoms with E-state index in [9.17, 15) is 5.26 Å². The predicted octanol–water partition coefficient (Wildman–Crippen LogP) is 13.7. The van der Waals surface area contributed by atoms with E-state index in [1.54, 1.807) is 0 Å². The maximum atomic E-state index is 9.70. The number of fused-ring (bicyclic) bond motifs is 8. The number of para-hydroxylation sites is 2. The highest BCUT2D eigenvalue weighted by Crippen LogP contribution is 2.65. The summed E-state index contributed by atoms with van der Waals surface area (Å²) >= 11 is 0. The summed E-state index contributed by atoms with van der Waals surface area (Å²) in [4.78, 5) is 10.6. The Hall–Kier alpha value is -7.35. The molecule has 286 valence electrons. The topological polar surface area (TPSA) is 58.8 Å². The molecule has 0 radical (unpaired) electrons. The fourth-order valence-electron chi connectivity index (χ4n) is 10.2. The molecule has 7 aromatic rings. The van der Waals surface area contributed by atoms with Crippen molar-refractivity contribution in [3.8, 4) is 51.3 Å². The number of rotatable bonds is 5. The third-order valence-electron chi connectivity index (χ3n) is 12.8. The average Bonchev–Trinajstić information content (AvgIpc) is 3.60. The molecule has 11 rings (SSSR count). The molecule has 0 bridgehead atoms. The number of ether oxygens (including phenoxy) is 1. The maximum Gasteiger partial charge on any atom is 0.160 e. The van der Waals surface area contributed by atoms with Crippen molar-refractivity contribution in [3.05, 3.63) is 221 Å². The molecule has 4 heteroatoms. The first-order valence-corrected chi connectivity index (χ1v) is 20.9. The molecule has 0 amide bonds. The lowest BCUT2D eigenvalue weighted by molar-refractivity contribution is 0.425. The molecule has 2 heterocycles. The second kappa shape index (κ2) is 14.2. The van der Waals surface area contributed by atoms with Crippen LogP contribution in [0.25, 0.3) is 50.5 Å². The van der Waals surface area contributed by atoms with Gasteiger partial charge in [0.15, 0.2) is 5.82 Å². The second-order valence-electron chi connectivity index (χ2n) is 16.5. The molecule has 1 spiro atoms. The second-order valence-corrected chi connectivity index (χ2v) is 16.5. The standard InChI is InChI=1S/C56H41N3O/c1-35-13-10-16-40(29-35)41-17-11-18-42(31-41)49-33-50(59-55(58-49)39-14-4-3-5-15-39)43-30-36(2)54-45(32-43)53-44(38-27-25-37(34-57)26-28-38)19-12-22-48(53)56(54)46-20-6-8-23-51(46)60-52-24-9-7-21-47(52)56/h3-28,31-33,35-36H,29-30H2,1-2H3. The fraction of sp³-hybridized carbons (Fsp3) is 0.125. The van der Waals surface area contributed by atoms with E-state index in [1.165, 1.54) is 39.0 Å². The van der Waals surface area contributed by atoms with Gasteiger partial charge in [0.2, 0.25) is 0 Å². The van der Waals surface area contributed by atoms with Crippen molar-refractivity contribution in [3.63, 3.8) is 0 Å². The molecular formula is C56H41N3O. The van der Waals surface area contributed by atoms with Crippen LogP contribution in [-0.4, -0.2) is 9.97 Å². The van der Waals surface area contributed by atoms with Crippen molar-refractivity contribution < 1.29 is 4.74 Å². The first kappa shape index (κ1) is 35.8. The number of hydrogen-bond acceptors (Lipinski definition) is 4. The van der Waals surface area contributed by atoms with Gasteiger partial charge in [-0.05, 0) is 117 Å². The average molecular weight is 772 g/mol. The van der Waals surface area contributed by atoms with Crippen molar-refractivity contribution >= 4 is 16.7 Å². The van der Waals surface area contributed by atoms with Crippen molar-refractivity contribution in [1.29, 1.82) is 5.26 Å². The maximum absolute atomic E-state index is 9.70. The van der Waals surface area contributed by atoms with Crippen LogP contribution >= 0.6 is 0 Å². The third kappa shape index (κ3) is 5.65. The van der Waals surface area contributed by atoms with Crippen LogP contribution in [0.15, 0.2) is 182 Å². The van der Waals surface area contributed by atoms with Gasteiger partial charge in [-0.3, -0.25) is 0 Å². The summed E-state index contributed by atoms with van der Waals surface area (Å²) in [7, 11) is 0. The first-order valence-electron chi connectivity index (χ1n) is 20.9. The Morgan fingerprint density at radius 2 is 1.28 bits per heavy atom. The molecular weight excluding hydrogens is 731 g/mol. The molecule has 1 aliphatic heterocycles. The summed E-state index contributed by atoms with van der Waals surface area (Å²) in [6.45, 7) is 4.66. The monoisotopic (exact) mass is 771 g/mol. The minimum atomic E-state index is -0.576. The molecule has 4 aliphatic rings. The van der Waals surface area contributed by atoms with Crippen molar-refractivity contribution in [2.75, 3.05) is 0 Å². The van der Waals surface area contributed by atoms with E-state index in [2.05, 4.69) is 178 Å². The van der Waals surface area contributed by atoms with E-state index < -0.39 is 5.41 Å². The zero-order valence-corrected chi connectivity index (χ0v) is 33.6. The molecule has 2 atom stereocenters. The number of benzene rings is 6. The van der Waals surface area contributed by atoms with E-state index in [1.807, 2.05) is 18.2 Å². The summed E-state index contributed by atoms with van der Waals surface area (Å²) in [6.07, 6.45) is 10.9. The van der Waals surface area contributed by atoms with Crippen LogP contribution in [0.4, 0.5) is 0 Å². The molecule has 0 saturated heterocycles. The summed E-state index contributed by atoms with van der Waals surface area (Å²) in [5, 5.41) is 9.70. The van der Waals surface area contributed by atoms with Crippen LogP contribution in [-0.2, 0) is 5.41 Å². The van der Waals surface area contributed by atoms with E-state index >= 15 is 0 Å². The van der Waals surface area contributed by atoms with Crippen molar-refractivity contribution in [2.24, 2.45) is 11.8 Å². The lowest BCUT2D eigenvalue weighted by Crippen LogP contribution is -2.36. The molecule has 0 fully saturated rings. The Morgan fingerprint density at radius 1 is 0.617 bits per heavy atom. The Labute approximate surface area is 351 Å². The quantitative estimate of drug-likeness (QED) is 0.175. The highest BCUT2D eigenvalue weighted by molar-refractivity contribution is 6.02. The number of nitriles is 1. The van der Waals surface area contributed by atoms with E-state index in [-0.39, 0.29) is 5.92 Å². The summed E-state index contributed by atoms with van der Waals surface area (Å²) in [6, 6.07) is 55.6. The highest BCUT2D eigenvalue weighted by Gasteiger charge is 2.54. The number of nitrogens with zero attached hydrogens (tertiary/aromatic N) is 3. The SMILES string of the molecule is CC1C=CC=C(c2cccc(-c3cc(C4=CC5=C(C(C)C4)C4(c6ccccc6Oc6ccccc64)c4cccc(-c6ccc(C#N)cc6)c45)nc(-c4ccccc4)n3)c2)C1. The lowest BCUT2D eigenvalue weighted by atomic mass is 9.61. The highest BCUT2D eigenvalue weighted by atomic mass is 16.5. The van der Waals surface area contributed by atoms with Gasteiger partial charge in [0, 0.05) is 22.3 Å². The molecule has 60 heavy (non-hydrogen) atoms. The van der Waals surface area contributed by atoms with Gasteiger partial charge >= 0.3 is 0 Å². The molecule has 0 N–H and O–H groups in total. The molecule has 0 saturated carbocycles. The predicted molar refractivity (Wildman–Crippen MR) is 242 cm³/mol. The van der Waals surface area contributed by atoms with Gasteiger partial charge in [-0.1, -0.05) is 147 Å². The number of aromatic nitrogens is 2. The van der Waals surface area contributed by atoms with Gasteiger partial charge < -0.3 is 4.74 Å². The summed E-state index contributed by atoms with van der Waals surface area (Å²) in [5.41, 5.74) is 17.3. The summed E-state index contributed by atoms with van der Waals surface area (Å²) in [5.74, 6) is 3.11. The van der Waals surface area contributed by atoms with Crippen LogP contribution in [0, 0.1) is 23.2 Å². The molecule has 2 unspecified atom stereocenters. The summed E-state index contributed by atoms with van der Waals surface area (Å²) < 4.78 is 6.70. The van der Waals surface area contributed by atoms with Gasteiger partial charge in [0.05, 0.1) is 28.4 Å². The van der Waals surface area contributed by atoms with Gasteiger partial charge in [0.25, 0.3) is 0 Å². The lowest BCUT2D eigenvalue weighted by Gasteiger charge is -2.43. The largest absolute Gasteiger partial charge is 0.457 e. The smallest absolute Gasteiger partial charge is 0.160 e. The van der Waals surface area contributed by atoms with Gasteiger partial charge in [-0.25, -0.2) is 9.97 Å². The van der Waals surface area contributed by atoms with E-state index in [4.69, 9.17) is 14.7 Å². The van der Waals surface area contributed by atoms with E-state index in [0.29, 0.717) is 17.3 Å². The Bertz CT molecular complexity index is 3010. The molecule has 4 nitrogen and oxygen atoms in total. The van der Waals surface area contributed by atoms with Crippen molar-refractivity contribution in [1.82, 2.24) is 9.97 Å². The zero-order chi connectivity index (χ0) is 40.4. The molecule has 1 aromatic heterocycles. The van der Waals surface area contributed by atoms with Gasteiger partial charge in [-0.2, -0.15) is 5.26 Å². The fourth-order valence-corrected chi connectivity index (χ4v) is 10.2. The minimum absolute atomic E-state index is 0.135. The van der Waals surface area contributed by atoms with Crippen LogP contribution in [0.5, 0.6) is 11.5 Å². The molecule has 6 aromatic carbocycles. The normalized spacial score (nSPS) is 18.0. The Balaban J connectivity index is 1.16. The Morgan fingerprint density at radius 3 is 2.03 bits per heavy atom. The van der Waals surface area contributed by atoms with Crippen LogP contribution in [0.1, 0.15) is 65.8 Å². The number of hydrogen-bond donors (Lipinski definition) is 0. The van der Waals surface area contributed by atoms with Crippen LogP contribution in [0.2, 0.25) is 0 Å². The van der Waals surface area contributed by atoms with Gasteiger partial charge in [0.1, 0.15) is 11.5 Å². The van der Waals surface area contributed by atoms with Crippen LogP contribution in [0.3, 0.4) is 0 Å². The van der Waals surface area contributed by atoms with E-state index in [0.717, 1.165) is 69.1 Å². The zero-order valence-electron chi connectivity index (χ0n) is 33.6. The number of allylic oxidation sites excluding steroid dienone is 8. The van der Waals surface area contributed by atoms with Crippen LogP contribution < -0.4 is 4.74 Å². The van der Waals surface area contributed by atoms with Gasteiger partial charge in [-0.15, -0.1) is 0 Å². The first-order chi connectivity index (χ1) is 29.5. The third-order valence-corrected chi connectivity index (χ3v) is 12.8. The Kier molecular flexibility index (Phi) is 8.46. The van der Waals surface area contributed by atoms with Crippen molar-refractivity contribution in [2.45, 2.75) is 32.1 Å². The molecule has 3 aliphatic carbocycles. The minimum Gasteiger partial charge on any atom is -0.457 e.